The highest BCUT2D eigenvalue weighted by Crippen LogP contribution is 2.10. The fraction of sp³-hybridized carbons (Fsp3) is 1.00. The quantitative estimate of drug-likeness (QED) is 0.470. The molecular weight excluding hydrogens is 117 g/mol. The van der Waals surface area contributed by atoms with E-state index in [1.165, 1.54) is 6.42 Å². The predicted molar refractivity (Wildman–Crippen MR) is 27.7 cm³/mol. The molecule has 3 heteroatoms. The van der Waals surface area contributed by atoms with Crippen molar-refractivity contribution in [1.29, 1.82) is 0 Å². The standard InChI is InChI=1S/C3H8.C2H3F3/c1-3-2;1-2(3,4)5/h3H2,1-2H3;1H3. The van der Waals surface area contributed by atoms with E-state index >= 15 is 0 Å². The fourth-order valence-corrected chi connectivity index (χ4v) is 0. The van der Waals surface area contributed by atoms with E-state index in [4.69, 9.17) is 0 Å². The molecular formula is C5H11F3. The van der Waals surface area contributed by atoms with Gasteiger partial charge in [-0.1, -0.05) is 20.3 Å². The van der Waals surface area contributed by atoms with Crippen LogP contribution in [0, 0.1) is 0 Å². The van der Waals surface area contributed by atoms with Gasteiger partial charge in [0.25, 0.3) is 0 Å². The molecule has 0 aliphatic rings. The molecule has 0 aliphatic heterocycles. The Hall–Kier alpha value is -0.210. The number of hydrogen-bond acceptors (Lipinski definition) is 0. The Morgan fingerprint density at radius 2 is 1.12 bits per heavy atom. The first kappa shape index (κ1) is 10.7. The van der Waals surface area contributed by atoms with Gasteiger partial charge < -0.3 is 0 Å². The molecule has 0 radical (unpaired) electrons. The molecule has 0 aromatic rings. The van der Waals surface area contributed by atoms with E-state index in [1.54, 1.807) is 0 Å². The van der Waals surface area contributed by atoms with Crippen molar-refractivity contribution >= 4 is 0 Å². The van der Waals surface area contributed by atoms with Gasteiger partial charge in [0.1, 0.15) is 0 Å². The monoisotopic (exact) mass is 128 g/mol. The maximum Gasteiger partial charge on any atom is 0.386 e. The highest BCUT2D eigenvalue weighted by molar-refractivity contribution is 4.26. The van der Waals surface area contributed by atoms with E-state index in [-0.39, 0.29) is 6.92 Å². The summed E-state index contributed by atoms with van der Waals surface area (Å²) in [5, 5.41) is 0. The van der Waals surface area contributed by atoms with Crippen LogP contribution in [-0.4, -0.2) is 6.18 Å². The minimum absolute atomic E-state index is 0.188. The normalized spacial score (nSPS) is 9.75. The molecule has 0 aromatic heterocycles. The van der Waals surface area contributed by atoms with Gasteiger partial charge in [0.05, 0.1) is 0 Å². The Balaban J connectivity index is 0. The third-order valence-corrected chi connectivity index (χ3v) is 0. The van der Waals surface area contributed by atoms with E-state index < -0.39 is 6.18 Å². The molecule has 0 amide bonds. The first-order chi connectivity index (χ1) is 3.41. The minimum atomic E-state index is -4.00. The first-order valence-corrected chi connectivity index (χ1v) is 2.48. The zero-order valence-electron chi connectivity index (χ0n) is 5.34. The number of halogens is 3. The van der Waals surface area contributed by atoms with Crippen molar-refractivity contribution in [2.24, 2.45) is 0 Å². The van der Waals surface area contributed by atoms with Crippen molar-refractivity contribution in [2.45, 2.75) is 33.4 Å². The summed E-state index contributed by atoms with van der Waals surface area (Å²) in [6.45, 7) is 4.44. The van der Waals surface area contributed by atoms with E-state index in [9.17, 15) is 13.2 Å². The van der Waals surface area contributed by atoms with Crippen LogP contribution in [0.5, 0.6) is 0 Å². The van der Waals surface area contributed by atoms with Crippen LogP contribution in [0.1, 0.15) is 27.2 Å². The molecule has 0 rings (SSSR count). The molecule has 0 aliphatic carbocycles. The Morgan fingerprint density at radius 3 is 1.12 bits per heavy atom. The molecule has 0 saturated carbocycles. The second-order valence-electron chi connectivity index (χ2n) is 1.49. The van der Waals surface area contributed by atoms with Crippen molar-refractivity contribution in [3.63, 3.8) is 0 Å². The largest absolute Gasteiger partial charge is 0.386 e. The van der Waals surface area contributed by atoms with Gasteiger partial charge in [0, 0.05) is 6.92 Å². The SMILES string of the molecule is CC(F)(F)F.CCC. The van der Waals surface area contributed by atoms with Crippen molar-refractivity contribution in [1.82, 2.24) is 0 Å². The fourth-order valence-electron chi connectivity index (χ4n) is 0. The molecule has 0 nitrogen and oxygen atoms in total. The summed E-state index contributed by atoms with van der Waals surface area (Å²) in [7, 11) is 0. The Morgan fingerprint density at radius 1 is 1.12 bits per heavy atom. The lowest BCUT2D eigenvalue weighted by Gasteiger charge is -1.88. The van der Waals surface area contributed by atoms with E-state index in [2.05, 4.69) is 13.8 Å². The number of alkyl halides is 3. The molecule has 0 aromatic carbocycles. The van der Waals surface area contributed by atoms with Gasteiger partial charge in [0.15, 0.2) is 0 Å². The molecule has 52 valence electrons. The van der Waals surface area contributed by atoms with Crippen LogP contribution in [0.2, 0.25) is 0 Å². The highest BCUT2D eigenvalue weighted by atomic mass is 19.4. The lowest BCUT2D eigenvalue weighted by molar-refractivity contribution is -0.110. The van der Waals surface area contributed by atoms with Gasteiger partial charge >= 0.3 is 6.18 Å². The predicted octanol–water partition coefficient (Wildman–Crippen LogP) is 2.98. The average molecular weight is 128 g/mol. The van der Waals surface area contributed by atoms with Crippen LogP contribution in [0.4, 0.5) is 13.2 Å². The molecule has 0 saturated heterocycles. The molecule has 0 N–H and O–H groups in total. The summed E-state index contributed by atoms with van der Waals surface area (Å²) in [6.07, 6.45) is -2.75. The van der Waals surface area contributed by atoms with Crippen LogP contribution in [-0.2, 0) is 0 Å². The van der Waals surface area contributed by atoms with Crippen LogP contribution in [0.3, 0.4) is 0 Å². The average Bonchev–Trinajstić information content (AvgIpc) is 1.27. The zero-order valence-corrected chi connectivity index (χ0v) is 5.34. The Bertz CT molecular complexity index is 31.4. The van der Waals surface area contributed by atoms with Gasteiger partial charge in [-0.05, 0) is 0 Å². The molecule has 0 fully saturated rings. The summed E-state index contributed by atoms with van der Waals surface area (Å²) in [5.41, 5.74) is 0. The molecule has 8 heavy (non-hydrogen) atoms. The van der Waals surface area contributed by atoms with Crippen molar-refractivity contribution in [3.05, 3.63) is 0 Å². The number of hydrogen-bond donors (Lipinski definition) is 0. The van der Waals surface area contributed by atoms with E-state index in [0.29, 0.717) is 0 Å². The Kier molecular flexibility index (Phi) is 6.61. The second-order valence-corrected chi connectivity index (χ2v) is 1.49. The second kappa shape index (κ2) is 4.94. The lowest BCUT2D eigenvalue weighted by atomic mass is 10.6. The molecule has 0 heterocycles. The topological polar surface area (TPSA) is 0 Å². The van der Waals surface area contributed by atoms with Gasteiger partial charge in [-0.25, -0.2) is 0 Å². The molecule has 0 unspecified atom stereocenters. The van der Waals surface area contributed by atoms with Gasteiger partial charge in [-0.2, -0.15) is 13.2 Å². The highest BCUT2D eigenvalue weighted by Gasteiger charge is 2.15. The van der Waals surface area contributed by atoms with Crippen LogP contribution in [0.25, 0.3) is 0 Å². The van der Waals surface area contributed by atoms with Crippen molar-refractivity contribution in [3.8, 4) is 0 Å². The summed E-state index contributed by atoms with van der Waals surface area (Å²) >= 11 is 0. The summed E-state index contributed by atoms with van der Waals surface area (Å²) in [5.74, 6) is 0. The zero-order chi connectivity index (χ0) is 7.21. The van der Waals surface area contributed by atoms with Gasteiger partial charge in [0.2, 0.25) is 0 Å². The lowest BCUT2D eigenvalue weighted by Crippen LogP contribution is -1.95. The van der Waals surface area contributed by atoms with Crippen LogP contribution in [0.15, 0.2) is 0 Å². The summed E-state index contributed by atoms with van der Waals surface area (Å²) in [6, 6.07) is 0. The van der Waals surface area contributed by atoms with Crippen LogP contribution < -0.4 is 0 Å². The maximum absolute atomic E-state index is 10.4. The minimum Gasteiger partial charge on any atom is -0.172 e. The maximum atomic E-state index is 10.4. The van der Waals surface area contributed by atoms with Gasteiger partial charge in [-0.15, -0.1) is 0 Å². The van der Waals surface area contributed by atoms with Gasteiger partial charge in [-0.3, -0.25) is 0 Å². The summed E-state index contributed by atoms with van der Waals surface area (Å²) in [4.78, 5) is 0. The third-order valence-electron chi connectivity index (χ3n) is 0. The first-order valence-electron chi connectivity index (χ1n) is 2.48. The van der Waals surface area contributed by atoms with E-state index in [1.807, 2.05) is 0 Å². The Labute approximate surface area is 47.7 Å². The number of rotatable bonds is 0. The molecule has 0 atom stereocenters. The molecule has 0 spiro atoms. The van der Waals surface area contributed by atoms with Crippen molar-refractivity contribution in [2.75, 3.05) is 0 Å². The summed E-state index contributed by atoms with van der Waals surface area (Å²) < 4.78 is 31.1. The van der Waals surface area contributed by atoms with Crippen LogP contribution >= 0.6 is 0 Å². The third kappa shape index (κ3) is 3010. The smallest absolute Gasteiger partial charge is 0.172 e. The van der Waals surface area contributed by atoms with E-state index in [0.717, 1.165) is 0 Å². The van der Waals surface area contributed by atoms with Crippen molar-refractivity contribution < 1.29 is 13.2 Å². The molecule has 0 bridgehead atoms.